The van der Waals surface area contributed by atoms with E-state index in [4.69, 9.17) is 5.11 Å². The summed E-state index contributed by atoms with van der Waals surface area (Å²) in [6.45, 7) is 0.127. The maximum absolute atomic E-state index is 10.9. The van der Waals surface area contributed by atoms with Gasteiger partial charge in [0.15, 0.2) is 0 Å². The van der Waals surface area contributed by atoms with E-state index in [0.717, 1.165) is 6.42 Å². The van der Waals surface area contributed by atoms with Crippen LogP contribution in [0.15, 0.2) is 0 Å². The van der Waals surface area contributed by atoms with Crippen molar-refractivity contribution in [2.45, 2.75) is 25.3 Å². The molecular formula is C7H12N2O3. The number of carbonyl (C=O) groups is 2. The van der Waals surface area contributed by atoms with E-state index in [1.807, 2.05) is 0 Å². The van der Waals surface area contributed by atoms with Crippen LogP contribution in [-0.2, 0) is 4.79 Å². The molecule has 1 fully saturated rings. The fourth-order valence-electron chi connectivity index (χ4n) is 1.12. The molecule has 0 radical (unpaired) electrons. The molecule has 68 valence electrons. The quantitative estimate of drug-likeness (QED) is 0.390. The van der Waals surface area contributed by atoms with E-state index in [0.29, 0.717) is 12.8 Å². The molecule has 5 heteroatoms. The minimum Gasteiger partial charge on any atom is -0.396 e. The van der Waals surface area contributed by atoms with Gasteiger partial charge in [0.2, 0.25) is 0 Å². The van der Waals surface area contributed by atoms with Gasteiger partial charge in [-0.25, -0.2) is 4.79 Å². The smallest absolute Gasteiger partial charge is 0.322 e. The van der Waals surface area contributed by atoms with Gasteiger partial charge in [-0.3, -0.25) is 10.1 Å². The molecule has 0 aromatic carbocycles. The van der Waals surface area contributed by atoms with Crippen molar-refractivity contribution in [2.75, 3.05) is 6.61 Å². The number of imide groups is 1. The SMILES string of the molecule is O=C1NC(=O)C(CCCCO)N1. The summed E-state index contributed by atoms with van der Waals surface area (Å²) >= 11 is 0. The van der Waals surface area contributed by atoms with Crippen LogP contribution in [0.2, 0.25) is 0 Å². The summed E-state index contributed by atoms with van der Waals surface area (Å²) in [6, 6.07) is -0.821. The highest BCUT2D eigenvalue weighted by Gasteiger charge is 2.28. The molecule has 0 aromatic heterocycles. The van der Waals surface area contributed by atoms with Crippen molar-refractivity contribution in [3.8, 4) is 0 Å². The molecule has 5 nitrogen and oxygen atoms in total. The largest absolute Gasteiger partial charge is 0.396 e. The molecule has 1 aliphatic rings. The average molecular weight is 172 g/mol. The van der Waals surface area contributed by atoms with Crippen LogP contribution >= 0.6 is 0 Å². The minimum absolute atomic E-state index is 0.127. The van der Waals surface area contributed by atoms with Crippen molar-refractivity contribution >= 4 is 11.9 Å². The maximum atomic E-state index is 10.9. The Morgan fingerprint density at radius 1 is 1.33 bits per heavy atom. The second-order valence-corrected chi connectivity index (χ2v) is 2.73. The third kappa shape index (κ3) is 2.20. The number of unbranched alkanes of at least 4 members (excludes halogenated alkanes) is 1. The van der Waals surface area contributed by atoms with Gasteiger partial charge in [-0.2, -0.15) is 0 Å². The van der Waals surface area contributed by atoms with E-state index in [1.165, 1.54) is 0 Å². The van der Waals surface area contributed by atoms with Gasteiger partial charge in [-0.1, -0.05) is 0 Å². The van der Waals surface area contributed by atoms with Crippen molar-refractivity contribution in [3.05, 3.63) is 0 Å². The summed E-state index contributed by atoms with van der Waals surface area (Å²) < 4.78 is 0. The first kappa shape index (κ1) is 8.99. The third-order valence-electron chi connectivity index (χ3n) is 1.76. The molecule has 1 unspecified atom stereocenters. The first-order valence-corrected chi connectivity index (χ1v) is 3.96. The second kappa shape index (κ2) is 4.06. The van der Waals surface area contributed by atoms with Gasteiger partial charge in [-0.15, -0.1) is 0 Å². The number of aliphatic hydroxyl groups is 1. The molecule has 12 heavy (non-hydrogen) atoms. The van der Waals surface area contributed by atoms with Crippen LogP contribution in [0, 0.1) is 0 Å². The second-order valence-electron chi connectivity index (χ2n) is 2.73. The number of amides is 3. The Hall–Kier alpha value is -1.10. The van der Waals surface area contributed by atoms with E-state index in [2.05, 4.69) is 10.6 Å². The van der Waals surface area contributed by atoms with Crippen LogP contribution < -0.4 is 10.6 Å². The molecule has 0 aliphatic carbocycles. The van der Waals surface area contributed by atoms with E-state index in [9.17, 15) is 9.59 Å². The monoisotopic (exact) mass is 172 g/mol. The number of hydrogen-bond donors (Lipinski definition) is 3. The van der Waals surface area contributed by atoms with Gasteiger partial charge in [0.05, 0.1) is 0 Å². The van der Waals surface area contributed by atoms with E-state index in [1.54, 1.807) is 0 Å². The Morgan fingerprint density at radius 3 is 2.58 bits per heavy atom. The molecule has 1 rings (SSSR count). The molecule has 0 saturated carbocycles. The highest BCUT2D eigenvalue weighted by molar-refractivity contribution is 6.04. The lowest BCUT2D eigenvalue weighted by Crippen LogP contribution is -2.28. The number of nitrogens with one attached hydrogen (secondary N) is 2. The van der Waals surface area contributed by atoms with Crippen molar-refractivity contribution in [2.24, 2.45) is 0 Å². The van der Waals surface area contributed by atoms with Crippen LogP contribution in [0.5, 0.6) is 0 Å². The van der Waals surface area contributed by atoms with E-state index >= 15 is 0 Å². The first-order valence-electron chi connectivity index (χ1n) is 3.96. The molecule has 3 N–H and O–H groups in total. The van der Waals surface area contributed by atoms with Gasteiger partial charge in [-0.05, 0) is 19.3 Å². The number of urea groups is 1. The predicted molar refractivity (Wildman–Crippen MR) is 41.4 cm³/mol. The summed E-state index contributed by atoms with van der Waals surface area (Å²) in [6.07, 6.45) is 2.01. The molecule has 3 amide bonds. The fraction of sp³-hybridized carbons (Fsp3) is 0.714. The number of carbonyl (C=O) groups excluding carboxylic acids is 2. The first-order chi connectivity index (χ1) is 5.74. The van der Waals surface area contributed by atoms with Crippen molar-refractivity contribution < 1.29 is 14.7 Å². The Kier molecular flexibility index (Phi) is 3.04. The zero-order valence-corrected chi connectivity index (χ0v) is 6.67. The van der Waals surface area contributed by atoms with E-state index in [-0.39, 0.29) is 12.5 Å². The summed E-state index contributed by atoms with van der Waals surface area (Å²) in [5.41, 5.74) is 0. The predicted octanol–water partition coefficient (Wildman–Crippen LogP) is -0.643. The van der Waals surface area contributed by atoms with Crippen LogP contribution in [0.3, 0.4) is 0 Å². The fourth-order valence-corrected chi connectivity index (χ4v) is 1.12. The molecule has 1 heterocycles. The van der Waals surface area contributed by atoms with Crippen LogP contribution in [0.1, 0.15) is 19.3 Å². The number of rotatable bonds is 4. The standard InChI is InChI=1S/C7H12N2O3/c10-4-2-1-3-5-6(11)9-7(12)8-5/h5,10H,1-4H2,(H2,8,9,11,12). The van der Waals surface area contributed by atoms with Gasteiger partial charge >= 0.3 is 6.03 Å². The summed E-state index contributed by atoms with van der Waals surface area (Å²) in [5, 5.41) is 13.1. The number of aliphatic hydroxyl groups excluding tert-OH is 1. The van der Waals surface area contributed by atoms with Crippen molar-refractivity contribution in [3.63, 3.8) is 0 Å². The molecule has 0 bridgehead atoms. The van der Waals surface area contributed by atoms with Gasteiger partial charge < -0.3 is 10.4 Å². The minimum atomic E-state index is -0.422. The Morgan fingerprint density at radius 2 is 2.08 bits per heavy atom. The average Bonchev–Trinajstić information content (AvgIpc) is 2.31. The normalized spacial score (nSPS) is 22.2. The zero-order valence-electron chi connectivity index (χ0n) is 6.67. The molecule has 0 aromatic rings. The zero-order chi connectivity index (χ0) is 8.97. The van der Waals surface area contributed by atoms with Gasteiger partial charge in [0.25, 0.3) is 5.91 Å². The molecule has 1 saturated heterocycles. The Labute approximate surface area is 70.1 Å². The lowest BCUT2D eigenvalue weighted by molar-refractivity contribution is -0.120. The van der Waals surface area contributed by atoms with Crippen molar-refractivity contribution in [1.29, 1.82) is 0 Å². The molecule has 0 spiro atoms. The lowest BCUT2D eigenvalue weighted by Gasteiger charge is -2.04. The summed E-state index contributed by atoms with van der Waals surface area (Å²) in [5.74, 6) is -0.266. The van der Waals surface area contributed by atoms with E-state index < -0.39 is 12.1 Å². The Bertz CT molecular complexity index is 193. The van der Waals surface area contributed by atoms with Crippen molar-refractivity contribution in [1.82, 2.24) is 10.6 Å². The van der Waals surface area contributed by atoms with Crippen LogP contribution in [0.25, 0.3) is 0 Å². The molecule has 1 aliphatic heterocycles. The topological polar surface area (TPSA) is 78.4 Å². The maximum Gasteiger partial charge on any atom is 0.322 e. The summed E-state index contributed by atoms with van der Waals surface area (Å²) in [7, 11) is 0. The highest BCUT2D eigenvalue weighted by Crippen LogP contribution is 2.03. The highest BCUT2D eigenvalue weighted by atomic mass is 16.3. The van der Waals surface area contributed by atoms with Crippen LogP contribution in [0.4, 0.5) is 4.79 Å². The van der Waals surface area contributed by atoms with Gasteiger partial charge in [0, 0.05) is 6.61 Å². The molecular weight excluding hydrogens is 160 g/mol. The summed E-state index contributed by atoms with van der Waals surface area (Å²) in [4.78, 5) is 21.5. The number of hydrogen-bond acceptors (Lipinski definition) is 3. The van der Waals surface area contributed by atoms with Crippen LogP contribution in [-0.4, -0.2) is 29.7 Å². The molecule has 1 atom stereocenters. The lowest BCUT2D eigenvalue weighted by atomic mass is 10.1. The Balaban J connectivity index is 2.24. The third-order valence-corrected chi connectivity index (χ3v) is 1.76. The van der Waals surface area contributed by atoms with Gasteiger partial charge in [0.1, 0.15) is 6.04 Å².